The predicted molar refractivity (Wildman–Crippen MR) is 63.9 cm³/mol. The predicted octanol–water partition coefficient (Wildman–Crippen LogP) is -0.00230. The summed E-state index contributed by atoms with van der Waals surface area (Å²) in [4.78, 5) is 22.3. The molecule has 5 atom stereocenters. The summed E-state index contributed by atoms with van der Waals surface area (Å²) in [6, 6.07) is 0. The number of hydrogen-bond donors (Lipinski definition) is 3. The Labute approximate surface area is 106 Å². The van der Waals surface area contributed by atoms with Crippen LogP contribution >= 0.6 is 0 Å². The number of amides is 1. The van der Waals surface area contributed by atoms with Gasteiger partial charge in [0.15, 0.2) is 6.10 Å². The van der Waals surface area contributed by atoms with Crippen LogP contribution in [-0.4, -0.2) is 46.9 Å². The van der Waals surface area contributed by atoms with E-state index in [-0.39, 0.29) is 42.9 Å². The van der Waals surface area contributed by atoms with E-state index < -0.39 is 12.1 Å². The molecule has 1 amide bonds. The second-order valence-corrected chi connectivity index (χ2v) is 4.86. The highest BCUT2D eigenvalue weighted by atomic mass is 16.5. The van der Waals surface area contributed by atoms with Crippen molar-refractivity contribution in [2.24, 2.45) is 11.8 Å². The summed E-state index contributed by atoms with van der Waals surface area (Å²) in [6.07, 6.45) is -1.52. The Morgan fingerprint density at radius 3 is 2.33 bits per heavy atom. The molecule has 0 aliphatic carbocycles. The molecule has 1 fully saturated rings. The van der Waals surface area contributed by atoms with E-state index in [1.54, 1.807) is 0 Å². The van der Waals surface area contributed by atoms with Gasteiger partial charge in [-0.25, -0.2) is 4.79 Å². The van der Waals surface area contributed by atoms with Crippen LogP contribution < -0.4 is 5.32 Å². The van der Waals surface area contributed by atoms with Crippen LogP contribution in [0.5, 0.6) is 0 Å². The molecule has 1 aliphatic heterocycles. The highest BCUT2D eigenvalue weighted by molar-refractivity contribution is 5.80. The Balaban J connectivity index is 2.39. The van der Waals surface area contributed by atoms with E-state index in [1.807, 2.05) is 20.8 Å². The smallest absolute Gasteiger partial charge is 0.332 e. The fraction of sp³-hybridized carbons (Fsp3) is 0.833. The number of nitrogens with one attached hydrogen (secondary N) is 1. The normalized spacial score (nSPS) is 33.1. The largest absolute Gasteiger partial charge is 0.479 e. The van der Waals surface area contributed by atoms with Gasteiger partial charge in [-0.05, 0) is 19.8 Å². The van der Waals surface area contributed by atoms with Gasteiger partial charge in [-0.3, -0.25) is 4.79 Å². The minimum Gasteiger partial charge on any atom is -0.479 e. The van der Waals surface area contributed by atoms with Crippen molar-refractivity contribution in [1.29, 1.82) is 0 Å². The van der Waals surface area contributed by atoms with Gasteiger partial charge in [-0.2, -0.15) is 0 Å². The fourth-order valence-corrected chi connectivity index (χ4v) is 2.29. The lowest BCUT2D eigenvalue weighted by Gasteiger charge is -2.18. The third-order valence-corrected chi connectivity index (χ3v) is 3.55. The van der Waals surface area contributed by atoms with Crippen molar-refractivity contribution in [3.05, 3.63) is 0 Å². The first kappa shape index (κ1) is 14.9. The molecule has 0 saturated carbocycles. The second-order valence-electron chi connectivity index (χ2n) is 4.86. The molecule has 18 heavy (non-hydrogen) atoms. The number of aliphatic hydroxyl groups excluding tert-OH is 1. The van der Waals surface area contributed by atoms with Crippen LogP contribution in [0.2, 0.25) is 0 Å². The summed E-state index contributed by atoms with van der Waals surface area (Å²) < 4.78 is 5.57. The zero-order chi connectivity index (χ0) is 13.9. The molecular formula is C12H21NO5. The van der Waals surface area contributed by atoms with E-state index in [1.165, 1.54) is 0 Å². The molecule has 0 aromatic carbocycles. The number of ether oxygens (including phenoxy) is 1. The molecule has 0 aromatic rings. The monoisotopic (exact) mass is 259 g/mol. The molecule has 0 aromatic heterocycles. The Hall–Kier alpha value is -1.14. The summed E-state index contributed by atoms with van der Waals surface area (Å²) in [6.45, 7) is 5.90. The molecular weight excluding hydrogens is 238 g/mol. The van der Waals surface area contributed by atoms with E-state index in [4.69, 9.17) is 14.9 Å². The van der Waals surface area contributed by atoms with Gasteiger partial charge in [-0.15, -0.1) is 0 Å². The van der Waals surface area contributed by atoms with Crippen molar-refractivity contribution in [1.82, 2.24) is 5.32 Å². The number of aliphatic hydroxyl groups is 1. The van der Waals surface area contributed by atoms with Gasteiger partial charge in [-0.1, -0.05) is 6.92 Å². The summed E-state index contributed by atoms with van der Waals surface area (Å²) in [5.41, 5.74) is 0. The van der Waals surface area contributed by atoms with Crippen molar-refractivity contribution in [3.63, 3.8) is 0 Å². The molecule has 104 valence electrons. The third kappa shape index (κ3) is 3.43. The Bertz CT molecular complexity index is 320. The second kappa shape index (κ2) is 6.15. The van der Waals surface area contributed by atoms with Gasteiger partial charge in [0.05, 0.1) is 18.1 Å². The number of carbonyl (C=O) groups is 2. The average molecular weight is 259 g/mol. The van der Waals surface area contributed by atoms with Crippen molar-refractivity contribution < 1.29 is 24.5 Å². The molecule has 1 rings (SSSR count). The third-order valence-electron chi connectivity index (χ3n) is 3.55. The van der Waals surface area contributed by atoms with Gasteiger partial charge in [0.1, 0.15) is 0 Å². The molecule has 1 aliphatic rings. The van der Waals surface area contributed by atoms with Gasteiger partial charge in [0.25, 0.3) is 0 Å². The van der Waals surface area contributed by atoms with Gasteiger partial charge in [0, 0.05) is 13.0 Å². The molecule has 5 unspecified atom stereocenters. The number of hydrogen-bond acceptors (Lipinski definition) is 4. The van der Waals surface area contributed by atoms with Crippen LogP contribution in [-0.2, 0) is 14.3 Å². The van der Waals surface area contributed by atoms with Crippen molar-refractivity contribution in [2.75, 3.05) is 6.54 Å². The first-order valence-corrected chi connectivity index (χ1v) is 6.18. The maximum absolute atomic E-state index is 11.9. The highest BCUT2D eigenvalue weighted by Crippen LogP contribution is 2.32. The van der Waals surface area contributed by atoms with Crippen LogP contribution in [0.15, 0.2) is 0 Å². The van der Waals surface area contributed by atoms with Gasteiger partial charge < -0.3 is 20.3 Å². The first-order chi connectivity index (χ1) is 8.34. The Morgan fingerprint density at radius 1 is 1.28 bits per heavy atom. The first-order valence-electron chi connectivity index (χ1n) is 6.18. The number of carboxylic acids is 1. The lowest BCUT2D eigenvalue weighted by Crippen LogP contribution is -2.39. The summed E-state index contributed by atoms with van der Waals surface area (Å²) in [5, 5.41) is 20.2. The summed E-state index contributed by atoms with van der Waals surface area (Å²) in [7, 11) is 0. The molecule has 0 spiro atoms. The minimum absolute atomic E-state index is 0.00691. The Kier molecular flexibility index (Phi) is 5.10. The number of carbonyl (C=O) groups excluding carboxylic acids is 1. The van der Waals surface area contributed by atoms with Crippen molar-refractivity contribution in [2.45, 2.75) is 45.5 Å². The van der Waals surface area contributed by atoms with Crippen molar-refractivity contribution in [3.8, 4) is 0 Å². The number of carboxylic acid groups (broad SMARTS) is 1. The maximum atomic E-state index is 11.9. The molecule has 1 heterocycles. The van der Waals surface area contributed by atoms with E-state index >= 15 is 0 Å². The van der Waals surface area contributed by atoms with Crippen LogP contribution in [0.25, 0.3) is 0 Å². The lowest BCUT2D eigenvalue weighted by atomic mass is 9.89. The van der Waals surface area contributed by atoms with E-state index in [0.717, 1.165) is 0 Å². The summed E-state index contributed by atoms with van der Waals surface area (Å²) in [5.74, 6) is -1.51. The molecule has 3 N–H and O–H groups in total. The van der Waals surface area contributed by atoms with E-state index in [9.17, 15) is 9.59 Å². The number of rotatable bonds is 5. The van der Waals surface area contributed by atoms with Crippen LogP contribution in [0.1, 0.15) is 27.2 Å². The molecule has 6 nitrogen and oxygen atoms in total. The van der Waals surface area contributed by atoms with E-state index in [0.29, 0.717) is 0 Å². The lowest BCUT2D eigenvalue weighted by molar-refractivity contribution is -0.147. The van der Waals surface area contributed by atoms with Crippen LogP contribution in [0.4, 0.5) is 0 Å². The van der Waals surface area contributed by atoms with Gasteiger partial charge >= 0.3 is 5.97 Å². The molecule has 1 saturated heterocycles. The zero-order valence-corrected chi connectivity index (χ0v) is 10.9. The molecule has 0 radical (unpaired) electrons. The van der Waals surface area contributed by atoms with E-state index in [2.05, 4.69) is 5.32 Å². The van der Waals surface area contributed by atoms with Crippen LogP contribution in [0.3, 0.4) is 0 Å². The zero-order valence-electron chi connectivity index (χ0n) is 10.9. The SMILES string of the molecule is CC1OC(C)C(C(=O)NCCC(O)C(=O)O)C1C. The average Bonchev–Trinajstić information content (AvgIpc) is 2.52. The van der Waals surface area contributed by atoms with Crippen LogP contribution in [0, 0.1) is 11.8 Å². The summed E-state index contributed by atoms with van der Waals surface area (Å²) >= 11 is 0. The van der Waals surface area contributed by atoms with Crippen molar-refractivity contribution >= 4 is 11.9 Å². The minimum atomic E-state index is -1.43. The standard InChI is InChI=1S/C12H21NO5/c1-6-7(2)18-8(3)10(6)11(15)13-5-4-9(14)12(16)17/h6-10,14H,4-5H2,1-3H3,(H,13,15)(H,16,17). The highest BCUT2D eigenvalue weighted by Gasteiger charge is 2.41. The number of aliphatic carboxylic acids is 1. The Morgan fingerprint density at radius 2 is 1.89 bits per heavy atom. The maximum Gasteiger partial charge on any atom is 0.332 e. The molecule has 6 heteroatoms. The van der Waals surface area contributed by atoms with Gasteiger partial charge in [0.2, 0.25) is 5.91 Å². The quantitative estimate of drug-likeness (QED) is 0.645. The fourth-order valence-electron chi connectivity index (χ4n) is 2.29. The topological polar surface area (TPSA) is 95.9 Å². The molecule has 0 bridgehead atoms.